The number of carbonyl (C=O) groups excluding carboxylic acids is 1. The average molecular weight is 185 g/mol. The van der Waals surface area contributed by atoms with Gasteiger partial charge in [0.2, 0.25) is 0 Å². The fraction of sp³-hybridized carbons (Fsp3) is 0.571. The Balaban J connectivity index is 4.10. The first-order valence-electron chi connectivity index (χ1n) is 3.87. The van der Waals surface area contributed by atoms with Crippen molar-refractivity contribution in [3.8, 4) is 0 Å². The molecule has 0 atom stereocenters. The number of amides is 1. The van der Waals surface area contributed by atoms with E-state index in [0.29, 0.717) is 6.54 Å². The van der Waals surface area contributed by atoms with Gasteiger partial charge in [0.25, 0.3) is 0 Å². The molecular weight excluding hydrogens is 174 g/mol. The summed E-state index contributed by atoms with van der Waals surface area (Å²) in [6, 6.07) is 0. The highest BCUT2D eigenvalue weighted by molar-refractivity contribution is 6.61. The third kappa shape index (κ3) is 4.03. The van der Waals surface area contributed by atoms with Crippen LogP contribution in [0.15, 0.2) is 0 Å². The fourth-order valence-electron chi connectivity index (χ4n) is 0.648. The molecule has 6 heteroatoms. The van der Waals surface area contributed by atoms with Crippen LogP contribution in [0.3, 0.4) is 0 Å². The molecule has 13 heavy (non-hydrogen) atoms. The highest BCUT2D eigenvalue weighted by Crippen LogP contribution is 1.83. The van der Waals surface area contributed by atoms with Gasteiger partial charge in [0, 0.05) is 6.54 Å². The molecule has 0 saturated carbocycles. The summed E-state index contributed by atoms with van der Waals surface area (Å²) in [5.74, 6) is -2.42. The SMILES string of the molecule is CCCCNC(=O)C(=[N+]=[N-])C(=O)O. The van der Waals surface area contributed by atoms with Crippen molar-refractivity contribution in [1.29, 1.82) is 0 Å². The molecule has 0 heterocycles. The molecule has 0 saturated heterocycles. The Morgan fingerprint density at radius 3 is 2.54 bits per heavy atom. The van der Waals surface area contributed by atoms with Crippen molar-refractivity contribution < 1.29 is 19.5 Å². The van der Waals surface area contributed by atoms with Gasteiger partial charge in [-0.2, -0.15) is 4.79 Å². The summed E-state index contributed by atoms with van der Waals surface area (Å²) in [6.07, 6.45) is 1.64. The number of carboxylic acid groups (broad SMARTS) is 1. The molecule has 0 aliphatic carbocycles. The Kier molecular flexibility index (Phi) is 5.14. The number of hydrogen-bond acceptors (Lipinski definition) is 2. The standard InChI is InChI=1S/C7H11N3O3/c1-2-3-4-9-6(11)5(10-8)7(12)13/h2-4H2,1H3,(H,9,11)(H,12,13). The van der Waals surface area contributed by atoms with Crippen LogP contribution in [-0.2, 0) is 9.59 Å². The van der Waals surface area contributed by atoms with Crippen LogP contribution in [0.5, 0.6) is 0 Å². The molecule has 0 aliphatic rings. The molecular formula is C7H11N3O3. The van der Waals surface area contributed by atoms with E-state index in [1.165, 1.54) is 0 Å². The van der Waals surface area contributed by atoms with Crippen LogP contribution in [0.4, 0.5) is 0 Å². The van der Waals surface area contributed by atoms with Crippen LogP contribution in [0.1, 0.15) is 19.8 Å². The summed E-state index contributed by atoms with van der Waals surface area (Å²) in [5, 5.41) is 10.7. The van der Waals surface area contributed by atoms with E-state index in [9.17, 15) is 9.59 Å². The zero-order valence-corrected chi connectivity index (χ0v) is 7.28. The minimum absolute atomic E-state index is 0.377. The third-order valence-corrected chi connectivity index (χ3v) is 1.33. The number of rotatable bonds is 5. The Morgan fingerprint density at radius 2 is 2.15 bits per heavy atom. The molecule has 1 amide bonds. The minimum atomic E-state index is -1.54. The van der Waals surface area contributed by atoms with Crippen molar-refractivity contribution in [3.05, 3.63) is 5.53 Å². The molecule has 0 unspecified atom stereocenters. The van der Waals surface area contributed by atoms with Gasteiger partial charge in [0.05, 0.1) is 0 Å². The lowest BCUT2D eigenvalue weighted by molar-refractivity contribution is -0.137. The van der Waals surface area contributed by atoms with Gasteiger partial charge in [0.1, 0.15) is 0 Å². The average Bonchev–Trinajstić information content (AvgIpc) is 2.05. The highest BCUT2D eigenvalue weighted by Gasteiger charge is 2.28. The summed E-state index contributed by atoms with van der Waals surface area (Å²) in [4.78, 5) is 23.5. The van der Waals surface area contributed by atoms with E-state index in [1.807, 2.05) is 6.92 Å². The summed E-state index contributed by atoms with van der Waals surface area (Å²) in [7, 11) is 0. The normalized spacial score (nSPS) is 8.69. The summed E-state index contributed by atoms with van der Waals surface area (Å²) < 4.78 is 0. The molecule has 0 bridgehead atoms. The Bertz CT molecular complexity index is 256. The maximum absolute atomic E-state index is 10.9. The number of carboxylic acids is 1. The fourth-order valence-corrected chi connectivity index (χ4v) is 0.648. The lowest BCUT2D eigenvalue weighted by atomic mass is 10.3. The molecule has 0 rings (SSSR count). The lowest BCUT2D eigenvalue weighted by Gasteiger charge is -1.97. The second kappa shape index (κ2) is 5.91. The van der Waals surface area contributed by atoms with Crippen molar-refractivity contribution in [2.24, 2.45) is 0 Å². The molecule has 0 radical (unpaired) electrons. The molecule has 72 valence electrons. The van der Waals surface area contributed by atoms with Gasteiger partial charge in [-0.15, -0.1) is 0 Å². The van der Waals surface area contributed by atoms with E-state index in [-0.39, 0.29) is 0 Å². The van der Waals surface area contributed by atoms with E-state index < -0.39 is 17.6 Å². The van der Waals surface area contributed by atoms with Crippen molar-refractivity contribution >= 4 is 17.6 Å². The van der Waals surface area contributed by atoms with Gasteiger partial charge in [-0.25, -0.2) is 4.79 Å². The number of unbranched alkanes of at least 4 members (excludes halogenated alkanes) is 1. The molecule has 0 fully saturated rings. The predicted molar refractivity (Wildman–Crippen MR) is 44.2 cm³/mol. The van der Waals surface area contributed by atoms with Crippen LogP contribution >= 0.6 is 0 Å². The zero-order valence-electron chi connectivity index (χ0n) is 7.28. The second-order valence-electron chi connectivity index (χ2n) is 2.36. The smallest absolute Gasteiger partial charge is 0.462 e. The highest BCUT2D eigenvalue weighted by atomic mass is 16.4. The summed E-state index contributed by atoms with van der Waals surface area (Å²) >= 11 is 0. The lowest BCUT2D eigenvalue weighted by Crippen LogP contribution is -2.36. The molecule has 0 aromatic rings. The number of hydrogen-bond donors (Lipinski definition) is 2. The van der Waals surface area contributed by atoms with Crippen molar-refractivity contribution in [1.82, 2.24) is 5.32 Å². The van der Waals surface area contributed by atoms with E-state index in [0.717, 1.165) is 12.8 Å². The van der Waals surface area contributed by atoms with Gasteiger partial charge in [-0.1, -0.05) is 13.3 Å². The van der Waals surface area contributed by atoms with E-state index in [2.05, 4.69) is 10.1 Å². The Labute approximate surface area is 75.2 Å². The van der Waals surface area contributed by atoms with Crippen molar-refractivity contribution in [2.75, 3.05) is 6.54 Å². The first-order chi connectivity index (χ1) is 6.13. The number of nitrogens with one attached hydrogen (secondary N) is 1. The number of aliphatic carboxylic acids is 1. The largest absolute Gasteiger partial charge is 0.472 e. The van der Waals surface area contributed by atoms with Crippen LogP contribution in [-0.4, -0.2) is 34.0 Å². The quantitative estimate of drug-likeness (QED) is 0.201. The summed E-state index contributed by atoms with van der Waals surface area (Å²) in [5.41, 5.74) is 7.28. The molecule has 0 aromatic heterocycles. The van der Waals surface area contributed by atoms with Gasteiger partial charge in [0.15, 0.2) is 0 Å². The summed E-state index contributed by atoms with van der Waals surface area (Å²) in [6.45, 7) is 2.31. The Hall–Kier alpha value is -1.68. The van der Waals surface area contributed by atoms with E-state index in [1.54, 1.807) is 0 Å². The van der Waals surface area contributed by atoms with Crippen LogP contribution in [0.2, 0.25) is 0 Å². The van der Waals surface area contributed by atoms with E-state index in [4.69, 9.17) is 10.6 Å². The molecule has 0 aromatic carbocycles. The topological polar surface area (TPSA) is 103 Å². The molecule has 2 N–H and O–H groups in total. The van der Waals surface area contributed by atoms with Gasteiger partial charge in [-0.05, 0) is 6.42 Å². The number of nitrogens with zero attached hydrogens (tertiary/aromatic N) is 2. The van der Waals surface area contributed by atoms with Crippen LogP contribution in [0, 0.1) is 0 Å². The van der Waals surface area contributed by atoms with E-state index >= 15 is 0 Å². The van der Waals surface area contributed by atoms with Crippen LogP contribution < -0.4 is 5.32 Å². The second-order valence-corrected chi connectivity index (χ2v) is 2.36. The first-order valence-corrected chi connectivity index (χ1v) is 3.87. The minimum Gasteiger partial charge on any atom is -0.472 e. The van der Waals surface area contributed by atoms with Crippen molar-refractivity contribution in [2.45, 2.75) is 19.8 Å². The van der Waals surface area contributed by atoms with Crippen LogP contribution in [0.25, 0.3) is 5.53 Å². The third-order valence-electron chi connectivity index (χ3n) is 1.33. The molecule has 6 nitrogen and oxygen atoms in total. The Morgan fingerprint density at radius 1 is 1.54 bits per heavy atom. The molecule has 0 spiro atoms. The number of carbonyl (C=O) groups is 2. The van der Waals surface area contributed by atoms with Gasteiger partial charge in [-0.3, -0.25) is 4.79 Å². The predicted octanol–water partition coefficient (Wildman–Crippen LogP) is -0.342. The zero-order chi connectivity index (χ0) is 10.3. The van der Waals surface area contributed by atoms with Crippen molar-refractivity contribution in [3.63, 3.8) is 0 Å². The first kappa shape index (κ1) is 11.3. The molecule has 0 aliphatic heterocycles. The monoisotopic (exact) mass is 185 g/mol. The van der Waals surface area contributed by atoms with Gasteiger partial charge >= 0.3 is 17.6 Å². The maximum atomic E-state index is 10.9. The van der Waals surface area contributed by atoms with Gasteiger partial charge < -0.3 is 16.0 Å². The maximum Gasteiger partial charge on any atom is 0.462 e.